The van der Waals surface area contributed by atoms with Crippen LogP contribution in [0.3, 0.4) is 0 Å². The summed E-state index contributed by atoms with van der Waals surface area (Å²) in [5.41, 5.74) is 5.39. The number of benzene rings is 1. The molecule has 0 bridgehead atoms. The molecule has 2 N–H and O–H groups in total. The standard InChI is InChI=1S/C14H16F3N3/c1-8(2)13-19-11(12(18)20(13)3)9-6-4-5-7-10(9)14(15,16)17/h4-8H,18H2,1-3H3. The van der Waals surface area contributed by atoms with E-state index in [4.69, 9.17) is 5.73 Å². The molecule has 2 rings (SSSR count). The first-order chi connectivity index (χ1) is 9.23. The Hall–Kier alpha value is -1.98. The molecule has 1 aromatic heterocycles. The summed E-state index contributed by atoms with van der Waals surface area (Å²) in [5, 5.41) is 0. The van der Waals surface area contributed by atoms with Gasteiger partial charge in [-0.1, -0.05) is 32.0 Å². The van der Waals surface area contributed by atoms with Crippen LogP contribution in [0.1, 0.15) is 31.2 Å². The first-order valence-electron chi connectivity index (χ1n) is 6.22. The van der Waals surface area contributed by atoms with Crippen molar-refractivity contribution in [1.29, 1.82) is 0 Å². The lowest BCUT2D eigenvalue weighted by Crippen LogP contribution is -2.07. The molecule has 0 saturated heterocycles. The maximum absolute atomic E-state index is 13.1. The van der Waals surface area contributed by atoms with E-state index in [-0.39, 0.29) is 23.0 Å². The Bertz CT molecular complexity index is 627. The average molecular weight is 283 g/mol. The van der Waals surface area contributed by atoms with Gasteiger partial charge >= 0.3 is 6.18 Å². The van der Waals surface area contributed by atoms with Gasteiger partial charge < -0.3 is 10.3 Å². The lowest BCUT2D eigenvalue weighted by atomic mass is 10.0. The van der Waals surface area contributed by atoms with Crippen molar-refractivity contribution in [2.24, 2.45) is 7.05 Å². The molecule has 0 aliphatic rings. The number of nitrogens with two attached hydrogens (primary N) is 1. The maximum atomic E-state index is 13.1. The highest BCUT2D eigenvalue weighted by molar-refractivity contribution is 5.74. The van der Waals surface area contributed by atoms with Crippen molar-refractivity contribution in [3.8, 4) is 11.3 Å². The predicted octanol–water partition coefficient (Wildman–Crippen LogP) is 3.81. The summed E-state index contributed by atoms with van der Waals surface area (Å²) in [7, 11) is 1.71. The Morgan fingerprint density at radius 1 is 1.20 bits per heavy atom. The highest BCUT2D eigenvalue weighted by Gasteiger charge is 2.34. The third kappa shape index (κ3) is 2.37. The highest BCUT2D eigenvalue weighted by atomic mass is 19.4. The molecule has 0 saturated carbocycles. The van der Waals surface area contributed by atoms with Crippen molar-refractivity contribution in [1.82, 2.24) is 9.55 Å². The highest BCUT2D eigenvalue weighted by Crippen LogP contribution is 2.38. The van der Waals surface area contributed by atoms with Crippen LogP contribution in [-0.2, 0) is 13.2 Å². The lowest BCUT2D eigenvalue weighted by Gasteiger charge is -2.11. The molecule has 0 aliphatic carbocycles. The third-order valence-corrected chi connectivity index (χ3v) is 3.18. The largest absolute Gasteiger partial charge is 0.417 e. The Morgan fingerprint density at radius 3 is 2.30 bits per heavy atom. The van der Waals surface area contributed by atoms with Gasteiger partial charge in [0.1, 0.15) is 17.3 Å². The van der Waals surface area contributed by atoms with E-state index in [0.29, 0.717) is 5.82 Å². The first-order valence-corrected chi connectivity index (χ1v) is 6.22. The van der Waals surface area contributed by atoms with Crippen LogP contribution in [0, 0.1) is 0 Å². The van der Waals surface area contributed by atoms with Crippen LogP contribution < -0.4 is 5.73 Å². The van der Waals surface area contributed by atoms with Gasteiger partial charge in [0, 0.05) is 18.5 Å². The minimum Gasteiger partial charge on any atom is -0.383 e. The van der Waals surface area contributed by atoms with Crippen LogP contribution in [0.5, 0.6) is 0 Å². The number of rotatable bonds is 2. The molecule has 0 unspecified atom stereocenters. The molecule has 1 heterocycles. The second-order valence-electron chi connectivity index (χ2n) is 4.96. The van der Waals surface area contributed by atoms with Crippen LogP contribution in [0.4, 0.5) is 19.0 Å². The van der Waals surface area contributed by atoms with Crippen molar-refractivity contribution in [2.75, 3.05) is 5.73 Å². The van der Waals surface area contributed by atoms with E-state index in [1.807, 2.05) is 13.8 Å². The summed E-state index contributed by atoms with van der Waals surface area (Å²) in [4.78, 5) is 4.29. The third-order valence-electron chi connectivity index (χ3n) is 3.18. The minimum absolute atomic E-state index is 0.0139. The van der Waals surface area contributed by atoms with Gasteiger partial charge in [-0.3, -0.25) is 0 Å². The summed E-state index contributed by atoms with van der Waals surface area (Å²) < 4.78 is 40.8. The second-order valence-corrected chi connectivity index (χ2v) is 4.96. The van der Waals surface area contributed by atoms with Crippen molar-refractivity contribution >= 4 is 5.82 Å². The predicted molar refractivity (Wildman–Crippen MR) is 72.1 cm³/mol. The Balaban J connectivity index is 2.67. The molecule has 3 nitrogen and oxygen atoms in total. The van der Waals surface area contributed by atoms with Crippen LogP contribution in [0.25, 0.3) is 11.3 Å². The minimum atomic E-state index is -4.43. The monoisotopic (exact) mass is 283 g/mol. The average Bonchev–Trinajstić information content (AvgIpc) is 2.65. The molecule has 6 heteroatoms. The van der Waals surface area contributed by atoms with E-state index >= 15 is 0 Å². The molecule has 0 radical (unpaired) electrons. The van der Waals surface area contributed by atoms with Crippen molar-refractivity contribution in [3.05, 3.63) is 35.7 Å². The van der Waals surface area contributed by atoms with E-state index in [2.05, 4.69) is 4.98 Å². The molecular formula is C14H16F3N3. The summed E-state index contributed by atoms with van der Waals surface area (Å²) in [6.07, 6.45) is -4.43. The number of nitrogens with zero attached hydrogens (tertiary/aromatic N) is 2. The van der Waals surface area contributed by atoms with Crippen LogP contribution in [0.15, 0.2) is 24.3 Å². The number of hydrogen-bond donors (Lipinski definition) is 1. The zero-order valence-corrected chi connectivity index (χ0v) is 11.5. The maximum Gasteiger partial charge on any atom is 0.417 e. The van der Waals surface area contributed by atoms with Gasteiger partial charge in [0.15, 0.2) is 0 Å². The van der Waals surface area contributed by atoms with E-state index in [0.717, 1.165) is 6.07 Å². The zero-order valence-electron chi connectivity index (χ0n) is 11.5. The molecule has 20 heavy (non-hydrogen) atoms. The lowest BCUT2D eigenvalue weighted by molar-refractivity contribution is -0.137. The summed E-state index contributed by atoms with van der Waals surface area (Å²) in [5.74, 6) is 0.981. The van der Waals surface area contributed by atoms with Gasteiger partial charge in [-0.25, -0.2) is 4.98 Å². The number of hydrogen-bond acceptors (Lipinski definition) is 2. The molecule has 2 aromatic rings. The number of halogens is 3. The normalized spacial score (nSPS) is 12.2. The first kappa shape index (κ1) is 14.4. The van der Waals surface area contributed by atoms with Gasteiger partial charge in [-0.15, -0.1) is 0 Å². The van der Waals surface area contributed by atoms with Gasteiger partial charge in [0.05, 0.1) is 5.56 Å². The van der Waals surface area contributed by atoms with E-state index in [1.165, 1.54) is 12.1 Å². The van der Waals surface area contributed by atoms with Gasteiger partial charge in [0.25, 0.3) is 0 Å². The van der Waals surface area contributed by atoms with Gasteiger partial charge in [-0.05, 0) is 6.07 Å². The molecule has 108 valence electrons. The van der Waals surface area contributed by atoms with Gasteiger partial charge in [0.2, 0.25) is 0 Å². The number of alkyl halides is 3. The van der Waals surface area contributed by atoms with Crippen LogP contribution in [0.2, 0.25) is 0 Å². The number of nitrogen functional groups attached to an aromatic ring is 1. The Kier molecular flexibility index (Phi) is 3.50. The van der Waals surface area contributed by atoms with Crippen molar-refractivity contribution in [3.63, 3.8) is 0 Å². The van der Waals surface area contributed by atoms with Crippen molar-refractivity contribution < 1.29 is 13.2 Å². The SMILES string of the molecule is CC(C)c1nc(-c2ccccc2C(F)(F)F)c(N)n1C. The fourth-order valence-electron chi connectivity index (χ4n) is 2.18. The van der Waals surface area contributed by atoms with Gasteiger partial charge in [-0.2, -0.15) is 13.2 Å². The fraction of sp³-hybridized carbons (Fsp3) is 0.357. The number of imidazole rings is 1. The molecule has 0 atom stereocenters. The molecule has 1 aromatic carbocycles. The zero-order chi connectivity index (χ0) is 15.1. The van der Waals surface area contributed by atoms with Crippen LogP contribution in [-0.4, -0.2) is 9.55 Å². The quantitative estimate of drug-likeness (QED) is 0.910. The number of aromatic nitrogens is 2. The Morgan fingerprint density at radius 2 is 1.80 bits per heavy atom. The topological polar surface area (TPSA) is 43.8 Å². The summed E-state index contributed by atoms with van der Waals surface area (Å²) in [6, 6.07) is 5.34. The van der Waals surface area contributed by atoms with E-state index in [1.54, 1.807) is 17.7 Å². The van der Waals surface area contributed by atoms with Crippen LogP contribution >= 0.6 is 0 Å². The van der Waals surface area contributed by atoms with E-state index in [9.17, 15) is 13.2 Å². The molecule has 0 fully saturated rings. The molecular weight excluding hydrogens is 267 g/mol. The second kappa shape index (κ2) is 4.85. The van der Waals surface area contributed by atoms with E-state index < -0.39 is 11.7 Å². The summed E-state index contributed by atoms with van der Waals surface area (Å²) in [6.45, 7) is 3.84. The summed E-state index contributed by atoms with van der Waals surface area (Å²) >= 11 is 0. The molecule has 0 amide bonds. The fourth-order valence-corrected chi connectivity index (χ4v) is 2.18. The molecule has 0 aliphatic heterocycles. The Labute approximate surface area is 115 Å². The van der Waals surface area contributed by atoms with Crippen molar-refractivity contribution in [2.45, 2.75) is 25.9 Å². The molecule has 0 spiro atoms. The smallest absolute Gasteiger partial charge is 0.383 e. The number of anilines is 1.